The predicted octanol–water partition coefficient (Wildman–Crippen LogP) is 1.71. The highest BCUT2D eigenvalue weighted by Crippen LogP contribution is 2.29. The van der Waals surface area contributed by atoms with E-state index < -0.39 is 10.0 Å². The molecule has 1 heterocycles. The monoisotopic (exact) mass is 484 g/mol. The molecule has 1 aliphatic heterocycles. The fraction of sp³-hybridized carbons (Fsp3) is 0.636. The van der Waals surface area contributed by atoms with Crippen LogP contribution in [0.4, 0.5) is 0 Å². The molecule has 1 aliphatic carbocycles. The number of sulfonamides is 1. The molecule has 2 fully saturated rings. The van der Waals surface area contributed by atoms with Crippen molar-refractivity contribution in [3.8, 4) is 0 Å². The van der Waals surface area contributed by atoms with Crippen LogP contribution in [0, 0.1) is 11.8 Å². The van der Waals surface area contributed by atoms with Crippen LogP contribution in [-0.4, -0.2) is 75.8 Å². The molecule has 0 bridgehead atoms. The van der Waals surface area contributed by atoms with Gasteiger partial charge in [-0.1, -0.05) is 18.5 Å². The first-order valence-electron chi connectivity index (χ1n) is 11.3. The molecule has 2 aliphatic rings. The predicted molar refractivity (Wildman–Crippen MR) is 124 cm³/mol. The van der Waals surface area contributed by atoms with E-state index in [1.54, 1.807) is 12.1 Å². The van der Waals surface area contributed by atoms with Crippen molar-refractivity contribution in [2.75, 3.05) is 45.8 Å². The van der Waals surface area contributed by atoms with Gasteiger partial charge in [-0.2, -0.15) is 0 Å². The van der Waals surface area contributed by atoms with E-state index in [0.29, 0.717) is 37.5 Å². The Morgan fingerprint density at radius 3 is 2.25 bits per heavy atom. The standard InChI is InChI=1S/C22H33ClN4O4S/c1-2-26-11-13-27(14-12-26)21(28)16-24-22(29)18-5-3-17(4-6-18)15-25-32(30,31)20-9-7-19(23)8-10-20/h7-10,17-18,25H,2-6,11-16H2,1H3,(H,24,29). The summed E-state index contributed by atoms with van der Waals surface area (Å²) in [7, 11) is -3.57. The number of amides is 2. The van der Waals surface area contributed by atoms with Crippen LogP contribution < -0.4 is 10.0 Å². The highest BCUT2D eigenvalue weighted by molar-refractivity contribution is 7.89. The van der Waals surface area contributed by atoms with Crippen molar-refractivity contribution in [2.45, 2.75) is 37.5 Å². The van der Waals surface area contributed by atoms with Gasteiger partial charge in [-0.15, -0.1) is 0 Å². The smallest absolute Gasteiger partial charge is 0.242 e. The molecule has 32 heavy (non-hydrogen) atoms. The molecule has 10 heteroatoms. The molecule has 8 nitrogen and oxygen atoms in total. The molecule has 1 saturated heterocycles. The van der Waals surface area contributed by atoms with E-state index >= 15 is 0 Å². The van der Waals surface area contributed by atoms with Gasteiger partial charge < -0.3 is 15.1 Å². The second-order valence-corrected chi connectivity index (χ2v) is 10.8. The third kappa shape index (κ3) is 6.91. The Bertz CT molecular complexity index is 878. The van der Waals surface area contributed by atoms with Gasteiger partial charge in [0.1, 0.15) is 0 Å². The first kappa shape index (κ1) is 25.0. The molecule has 0 aromatic heterocycles. The lowest BCUT2D eigenvalue weighted by atomic mass is 9.81. The van der Waals surface area contributed by atoms with Gasteiger partial charge in [0.25, 0.3) is 0 Å². The zero-order valence-corrected chi connectivity index (χ0v) is 20.1. The second-order valence-electron chi connectivity index (χ2n) is 8.56. The second kappa shape index (κ2) is 11.4. The van der Waals surface area contributed by atoms with Crippen LogP contribution >= 0.6 is 11.6 Å². The quantitative estimate of drug-likeness (QED) is 0.585. The summed E-state index contributed by atoms with van der Waals surface area (Å²) in [5, 5.41) is 3.29. The highest BCUT2D eigenvalue weighted by atomic mass is 35.5. The molecule has 1 aromatic carbocycles. The summed E-state index contributed by atoms with van der Waals surface area (Å²) in [5.74, 6) is -0.0355. The third-order valence-electron chi connectivity index (χ3n) is 6.49. The van der Waals surface area contributed by atoms with Crippen molar-refractivity contribution < 1.29 is 18.0 Å². The number of hydrogen-bond acceptors (Lipinski definition) is 5. The number of benzene rings is 1. The molecular weight excluding hydrogens is 452 g/mol. The summed E-state index contributed by atoms with van der Waals surface area (Å²) in [6, 6.07) is 6.07. The van der Waals surface area contributed by atoms with Gasteiger partial charge in [-0.05, 0) is 62.4 Å². The largest absolute Gasteiger partial charge is 0.347 e. The molecule has 3 rings (SSSR count). The number of nitrogens with one attached hydrogen (secondary N) is 2. The van der Waals surface area contributed by atoms with Crippen LogP contribution in [0.5, 0.6) is 0 Å². The van der Waals surface area contributed by atoms with Crippen LogP contribution in [-0.2, 0) is 19.6 Å². The zero-order valence-electron chi connectivity index (χ0n) is 18.6. The fourth-order valence-electron chi connectivity index (χ4n) is 4.29. The van der Waals surface area contributed by atoms with E-state index in [1.807, 2.05) is 4.90 Å². The first-order chi connectivity index (χ1) is 15.3. The summed E-state index contributed by atoms with van der Waals surface area (Å²) in [6.45, 7) is 6.67. The fourth-order valence-corrected chi connectivity index (χ4v) is 5.53. The molecule has 0 unspecified atom stereocenters. The van der Waals surface area contributed by atoms with Crippen molar-refractivity contribution >= 4 is 33.4 Å². The average molecular weight is 485 g/mol. The molecule has 1 aromatic rings. The lowest BCUT2D eigenvalue weighted by Crippen LogP contribution is -2.51. The highest BCUT2D eigenvalue weighted by Gasteiger charge is 2.28. The van der Waals surface area contributed by atoms with Crippen LogP contribution in [0.2, 0.25) is 5.02 Å². The van der Waals surface area contributed by atoms with Gasteiger partial charge in [0.2, 0.25) is 21.8 Å². The number of likely N-dealkylation sites (N-methyl/N-ethyl adjacent to an activating group) is 1. The summed E-state index contributed by atoms with van der Waals surface area (Å²) < 4.78 is 27.5. The Kier molecular flexibility index (Phi) is 8.93. The summed E-state index contributed by atoms with van der Waals surface area (Å²) >= 11 is 5.82. The Labute approximate surface area is 195 Å². The van der Waals surface area contributed by atoms with Crippen molar-refractivity contribution in [3.05, 3.63) is 29.3 Å². The van der Waals surface area contributed by atoms with Crippen molar-refractivity contribution in [1.29, 1.82) is 0 Å². The molecule has 1 saturated carbocycles. The normalized spacial score (nSPS) is 22.5. The Balaban J connectivity index is 1.36. The average Bonchev–Trinajstić information content (AvgIpc) is 2.81. The van der Waals surface area contributed by atoms with Crippen molar-refractivity contribution in [3.63, 3.8) is 0 Å². The molecule has 178 valence electrons. The van der Waals surface area contributed by atoms with Crippen LogP contribution in [0.3, 0.4) is 0 Å². The van der Waals surface area contributed by atoms with Crippen molar-refractivity contribution in [2.24, 2.45) is 11.8 Å². The zero-order chi connectivity index (χ0) is 23.1. The maximum atomic E-state index is 12.5. The molecule has 2 amide bonds. The maximum Gasteiger partial charge on any atom is 0.242 e. The van der Waals surface area contributed by atoms with E-state index in [9.17, 15) is 18.0 Å². The molecule has 2 N–H and O–H groups in total. The topological polar surface area (TPSA) is 98.8 Å². The van der Waals surface area contributed by atoms with E-state index in [4.69, 9.17) is 11.6 Å². The lowest BCUT2D eigenvalue weighted by Gasteiger charge is -2.34. The van der Waals surface area contributed by atoms with Gasteiger partial charge in [0.05, 0.1) is 11.4 Å². The summed E-state index contributed by atoms with van der Waals surface area (Å²) in [6.07, 6.45) is 2.94. The van der Waals surface area contributed by atoms with E-state index in [-0.39, 0.29) is 35.1 Å². The first-order valence-corrected chi connectivity index (χ1v) is 13.2. The minimum atomic E-state index is -3.57. The lowest BCUT2D eigenvalue weighted by molar-refractivity contribution is -0.135. The van der Waals surface area contributed by atoms with Crippen LogP contribution in [0.1, 0.15) is 32.6 Å². The third-order valence-corrected chi connectivity index (χ3v) is 8.18. The number of hydrogen-bond donors (Lipinski definition) is 2. The number of nitrogens with zero attached hydrogens (tertiary/aromatic N) is 2. The van der Waals surface area contributed by atoms with E-state index in [1.165, 1.54) is 12.1 Å². The van der Waals surface area contributed by atoms with Gasteiger partial charge >= 0.3 is 0 Å². The van der Waals surface area contributed by atoms with Crippen LogP contribution in [0.15, 0.2) is 29.2 Å². The minimum absolute atomic E-state index is 0.0283. The van der Waals surface area contributed by atoms with Gasteiger partial charge in [-0.25, -0.2) is 13.1 Å². The van der Waals surface area contributed by atoms with E-state index in [0.717, 1.165) is 32.5 Å². The van der Waals surface area contributed by atoms with Crippen LogP contribution in [0.25, 0.3) is 0 Å². The number of rotatable bonds is 8. The Hall–Kier alpha value is -1.68. The maximum absolute atomic E-state index is 12.5. The number of carbonyl (C=O) groups excluding carboxylic acids is 2. The van der Waals surface area contributed by atoms with Gasteiger partial charge in [0.15, 0.2) is 0 Å². The molecule has 0 radical (unpaired) electrons. The molecule has 0 atom stereocenters. The summed E-state index contributed by atoms with van der Waals surface area (Å²) in [4.78, 5) is 29.2. The number of carbonyl (C=O) groups is 2. The Morgan fingerprint density at radius 2 is 1.66 bits per heavy atom. The summed E-state index contributed by atoms with van der Waals surface area (Å²) in [5.41, 5.74) is 0. The number of piperazine rings is 1. The number of halogens is 1. The Morgan fingerprint density at radius 1 is 1.03 bits per heavy atom. The van der Waals surface area contributed by atoms with Gasteiger partial charge in [-0.3, -0.25) is 9.59 Å². The molecule has 0 spiro atoms. The SMILES string of the molecule is CCN1CCN(C(=O)CNC(=O)C2CCC(CNS(=O)(=O)c3ccc(Cl)cc3)CC2)CC1. The minimum Gasteiger partial charge on any atom is -0.347 e. The van der Waals surface area contributed by atoms with Crippen molar-refractivity contribution in [1.82, 2.24) is 19.8 Å². The molecular formula is C22H33ClN4O4S. The van der Waals surface area contributed by atoms with Gasteiger partial charge in [0, 0.05) is 43.7 Å². The van der Waals surface area contributed by atoms with E-state index in [2.05, 4.69) is 21.9 Å².